The number of hydrogen-bond donors (Lipinski definition) is 0. The molecule has 0 aromatic carbocycles. The lowest BCUT2D eigenvalue weighted by atomic mass is 9.76. The predicted molar refractivity (Wildman–Crippen MR) is 42.8 cm³/mol. The number of fused-ring (bicyclic) bond motifs is 1. The summed E-state index contributed by atoms with van der Waals surface area (Å²) < 4.78 is 0. The van der Waals surface area contributed by atoms with Crippen molar-refractivity contribution in [2.24, 2.45) is 11.8 Å². The second-order valence-electron chi connectivity index (χ2n) is 3.24. The summed E-state index contributed by atoms with van der Waals surface area (Å²) in [6, 6.07) is 0. The van der Waals surface area contributed by atoms with Crippen LogP contribution >= 0.6 is 0 Å². The summed E-state index contributed by atoms with van der Waals surface area (Å²) in [6.45, 7) is 0. The number of rotatable bonds is 0. The molecule has 2 aliphatic rings. The van der Waals surface area contributed by atoms with E-state index in [1.54, 1.807) is 0 Å². The molecule has 2 aliphatic carbocycles. The maximum Gasteiger partial charge on any atom is 0.140 e. The molecule has 11 heavy (non-hydrogen) atoms. The summed E-state index contributed by atoms with van der Waals surface area (Å²) in [7, 11) is 0. The van der Waals surface area contributed by atoms with E-state index in [4.69, 9.17) is 0 Å². The molecule has 1 nitrogen and oxygen atoms in total. The lowest BCUT2D eigenvalue weighted by Gasteiger charge is -2.26. The molecule has 0 aromatic rings. The monoisotopic (exact) mass is 147 g/mol. The predicted octanol–water partition coefficient (Wildman–Crippen LogP) is 1.90. The van der Waals surface area contributed by atoms with Crippen LogP contribution in [0.5, 0.6) is 0 Å². The minimum Gasteiger partial charge on any atom is -0.299 e. The fraction of sp³-hybridized carbons (Fsp3) is 0.500. The highest BCUT2D eigenvalue weighted by Crippen LogP contribution is 2.31. The smallest absolute Gasteiger partial charge is 0.140 e. The first-order valence-corrected chi connectivity index (χ1v) is 4.17. The minimum atomic E-state index is 0.161. The molecule has 0 saturated heterocycles. The molecule has 0 bridgehead atoms. The summed E-state index contributed by atoms with van der Waals surface area (Å²) in [5.41, 5.74) is 0. The number of carbonyl (C=O) groups is 1. The van der Waals surface area contributed by atoms with E-state index in [-0.39, 0.29) is 5.92 Å². The Labute approximate surface area is 66.8 Å². The third kappa shape index (κ3) is 1.15. The van der Waals surface area contributed by atoms with Crippen LogP contribution in [0.4, 0.5) is 0 Å². The standard InChI is InChI=1S/C10H11O/c11-10-7-3-5-8-4-1-2-6-9(8)10/h1,4,6,8-9H,3,5,7H2. The molecular formula is C10H11O. The molecule has 0 spiro atoms. The Bertz CT molecular complexity index is 225. The van der Waals surface area contributed by atoms with Gasteiger partial charge in [0.1, 0.15) is 5.78 Å². The van der Waals surface area contributed by atoms with Gasteiger partial charge in [0.15, 0.2) is 0 Å². The third-order valence-corrected chi connectivity index (χ3v) is 2.51. The minimum absolute atomic E-state index is 0.161. The van der Waals surface area contributed by atoms with Crippen LogP contribution in [0.25, 0.3) is 0 Å². The number of Topliss-reactive ketones (excluding diaryl/α,β-unsaturated/α-hetero) is 1. The second-order valence-corrected chi connectivity index (χ2v) is 3.24. The third-order valence-electron chi connectivity index (χ3n) is 2.51. The van der Waals surface area contributed by atoms with Crippen molar-refractivity contribution in [1.82, 2.24) is 0 Å². The summed E-state index contributed by atoms with van der Waals surface area (Å²) in [6.07, 6.45) is 12.0. The molecule has 2 unspecified atom stereocenters. The van der Waals surface area contributed by atoms with Gasteiger partial charge < -0.3 is 0 Å². The van der Waals surface area contributed by atoms with Crippen LogP contribution < -0.4 is 0 Å². The van der Waals surface area contributed by atoms with E-state index in [1.165, 1.54) is 6.42 Å². The van der Waals surface area contributed by atoms with Gasteiger partial charge in [-0.05, 0) is 24.8 Å². The van der Waals surface area contributed by atoms with Gasteiger partial charge in [-0.1, -0.05) is 18.2 Å². The van der Waals surface area contributed by atoms with Crippen molar-refractivity contribution in [3.05, 3.63) is 24.3 Å². The molecule has 1 radical (unpaired) electrons. The van der Waals surface area contributed by atoms with Gasteiger partial charge in [0.25, 0.3) is 0 Å². The lowest BCUT2D eigenvalue weighted by molar-refractivity contribution is -0.124. The van der Waals surface area contributed by atoms with Gasteiger partial charge in [-0.2, -0.15) is 0 Å². The van der Waals surface area contributed by atoms with Crippen molar-refractivity contribution in [3.8, 4) is 0 Å². The number of allylic oxidation sites excluding steroid dienone is 4. The summed E-state index contributed by atoms with van der Waals surface area (Å²) in [5, 5.41) is 0. The fourth-order valence-electron chi connectivity index (χ4n) is 1.87. The van der Waals surface area contributed by atoms with Gasteiger partial charge in [0, 0.05) is 12.3 Å². The highest BCUT2D eigenvalue weighted by atomic mass is 16.1. The van der Waals surface area contributed by atoms with Crippen molar-refractivity contribution in [3.63, 3.8) is 0 Å². The largest absolute Gasteiger partial charge is 0.299 e. The Kier molecular flexibility index (Phi) is 1.65. The molecule has 1 fully saturated rings. The van der Waals surface area contributed by atoms with Crippen LogP contribution in [0.1, 0.15) is 19.3 Å². The molecular weight excluding hydrogens is 136 g/mol. The number of carbonyl (C=O) groups excluding carboxylic acids is 1. The van der Waals surface area contributed by atoms with E-state index in [0.29, 0.717) is 11.7 Å². The van der Waals surface area contributed by atoms with Crippen LogP contribution in [0.15, 0.2) is 18.2 Å². The Balaban J connectivity index is 2.20. The lowest BCUT2D eigenvalue weighted by Crippen LogP contribution is -2.26. The van der Waals surface area contributed by atoms with Gasteiger partial charge >= 0.3 is 0 Å². The van der Waals surface area contributed by atoms with E-state index < -0.39 is 0 Å². The van der Waals surface area contributed by atoms with Crippen molar-refractivity contribution in [2.45, 2.75) is 19.3 Å². The normalized spacial score (nSPS) is 35.5. The van der Waals surface area contributed by atoms with Crippen molar-refractivity contribution in [1.29, 1.82) is 0 Å². The second kappa shape index (κ2) is 2.65. The molecule has 1 saturated carbocycles. The van der Waals surface area contributed by atoms with Crippen LogP contribution in [0, 0.1) is 17.9 Å². The zero-order valence-corrected chi connectivity index (χ0v) is 6.42. The van der Waals surface area contributed by atoms with Crippen LogP contribution in [0.2, 0.25) is 0 Å². The number of hydrogen-bond acceptors (Lipinski definition) is 1. The van der Waals surface area contributed by atoms with E-state index in [0.717, 1.165) is 12.8 Å². The summed E-state index contributed by atoms with van der Waals surface area (Å²) >= 11 is 0. The van der Waals surface area contributed by atoms with Gasteiger partial charge in [-0.25, -0.2) is 0 Å². The molecule has 0 aliphatic heterocycles. The molecule has 2 rings (SSSR count). The van der Waals surface area contributed by atoms with Crippen LogP contribution in [-0.4, -0.2) is 5.78 Å². The van der Waals surface area contributed by atoms with E-state index in [9.17, 15) is 4.79 Å². The van der Waals surface area contributed by atoms with Gasteiger partial charge in [-0.15, -0.1) is 0 Å². The van der Waals surface area contributed by atoms with E-state index in [2.05, 4.69) is 12.2 Å². The highest BCUT2D eigenvalue weighted by Gasteiger charge is 2.28. The first-order chi connectivity index (χ1) is 5.38. The summed E-state index contributed by atoms with van der Waals surface area (Å²) in [5.74, 6) is 1.05. The average Bonchev–Trinajstić information content (AvgIpc) is 2.06. The number of ketones is 1. The van der Waals surface area contributed by atoms with Gasteiger partial charge in [0.05, 0.1) is 0 Å². The van der Waals surface area contributed by atoms with E-state index in [1.807, 2.05) is 12.2 Å². The Morgan fingerprint density at radius 2 is 2.45 bits per heavy atom. The average molecular weight is 147 g/mol. The molecule has 0 amide bonds. The first kappa shape index (κ1) is 6.84. The van der Waals surface area contributed by atoms with E-state index >= 15 is 0 Å². The van der Waals surface area contributed by atoms with Crippen LogP contribution in [0.3, 0.4) is 0 Å². The zero-order valence-electron chi connectivity index (χ0n) is 6.42. The SMILES string of the molecule is O=C1CCCC2C=C[C]=CC12. The molecule has 0 aromatic heterocycles. The maximum atomic E-state index is 11.3. The molecule has 2 atom stereocenters. The Hall–Kier alpha value is -0.850. The zero-order chi connectivity index (χ0) is 7.68. The fourth-order valence-corrected chi connectivity index (χ4v) is 1.87. The maximum absolute atomic E-state index is 11.3. The Morgan fingerprint density at radius 1 is 1.55 bits per heavy atom. The topological polar surface area (TPSA) is 17.1 Å². The van der Waals surface area contributed by atoms with Crippen molar-refractivity contribution >= 4 is 5.78 Å². The van der Waals surface area contributed by atoms with Crippen molar-refractivity contribution < 1.29 is 4.79 Å². The molecule has 0 N–H and O–H groups in total. The first-order valence-electron chi connectivity index (χ1n) is 4.17. The highest BCUT2D eigenvalue weighted by molar-refractivity contribution is 5.84. The van der Waals surface area contributed by atoms with Crippen LogP contribution in [-0.2, 0) is 4.79 Å². The van der Waals surface area contributed by atoms with Gasteiger partial charge in [-0.3, -0.25) is 4.79 Å². The molecule has 1 heteroatoms. The molecule has 0 heterocycles. The molecule has 57 valence electrons. The van der Waals surface area contributed by atoms with Crippen molar-refractivity contribution in [2.75, 3.05) is 0 Å². The quantitative estimate of drug-likeness (QED) is 0.511. The summed E-state index contributed by atoms with van der Waals surface area (Å²) in [4.78, 5) is 11.3. The van der Waals surface area contributed by atoms with Gasteiger partial charge in [0.2, 0.25) is 0 Å². The Morgan fingerprint density at radius 3 is 3.27 bits per heavy atom.